The van der Waals surface area contributed by atoms with Crippen molar-refractivity contribution >= 4 is 28.9 Å². The molecule has 1 amide bonds. The molecule has 0 radical (unpaired) electrons. The monoisotopic (exact) mass is 394 g/mol. The van der Waals surface area contributed by atoms with Crippen molar-refractivity contribution in [3.05, 3.63) is 83.5 Å². The highest BCUT2D eigenvalue weighted by molar-refractivity contribution is 7.13. The van der Waals surface area contributed by atoms with Crippen molar-refractivity contribution in [3.8, 4) is 10.8 Å². The van der Waals surface area contributed by atoms with Crippen LogP contribution in [0, 0.1) is 0 Å². The van der Waals surface area contributed by atoms with Gasteiger partial charge in [0.15, 0.2) is 5.76 Å². The summed E-state index contributed by atoms with van der Waals surface area (Å²) in [6.45, 7) is -0.0474. The summed E-state index contributed by atoms with van der Waals surface area (Å²) in [5.41, 5.74) is 1.05. The molecule has 0 fully saturated rings. The number of esters is 1. The zero-order valence-electron chi connectivity index (χ0n) is 14.5. The van der Waals surface area contributed by atoms with Gasteiger partial charge in [0.2, 0.25) is 5.89 Å². The van der Waals surface area contributed by atoms with Crippen LogP contribution < -0.4 is 5.32 Å². The maximum atomic E-state index is 12.5. The molecule has 0 atom stereocenters. The van der Waals surface area contributed by atoms with Gasteiger partial charge in [-0.15, -0.1) is 11.3 Å². The molecule has 0 bridgehead atoms. The van der Waals surface area contributed by atoms with E-state index in [4.69, 9.17) is 13.6 Å². The van der Waals surface area contributed by atoms with E-state index in [0.717, 1.165) is 4.88 Å². The van der Waals surface area contributed by atoms with Crippen molar-refractivity contribution in [1.29, 1.82) is 0 Å². The second-order valence-corrected chi connectivity index (χ2v) is 6.62. The summed E-state index contributed by atoms with van der Waals surface area (Å²) in [7, 11) is 0. The van der Waals surface area contributed by atoms with Crippen LogP contribution >= 0.6 is 11.3 Å². The number of carbonyl (C=O) groups excluding carboxylic acids is 2. The van der Waals surface area contributed by atoms with Gasteiger partial charge >= 0.3 is 5.97 Å². The normalized spacial score (nSPS) is 10.6. The summed E-state index contributed by atoms with van der Waals surface area (Å²) in [4.78, 5) is 29.9. The lowest BCUT2D eigenvalue weighted by Gasteiger charge is -2.09. The number of thiophene rings is 1. The topological polar surface area (TPSA) is 94.6 Å². The summed E-state index contributed by atoms with van der Waals surface area (Å²) in [5.74, 6) is -0.419. The summed E-state index contributed by atoms with van der Waals surface area (Å²) < 4.78 is 15.8. The summed E-state index contributed by atoms with van der Waals surface area (Å²) in [6, 6.07) is 13.5. The van der Waals surface area contributed by atoms with Crippen LogP contribution in [0.2, 0.25) is 0 Å². The van der Waals surface area contributed by atoms with Gasteiger partial charge in [0.05, 0.1) is 22.4 Å². The molecule has 0 aliphatic heterocycles. The highest BCUT2D eigenvalue weighted by Gasteiger charge is 2.17. The predicted molar refractivity (Wildman–Crippen MR) is 102 cm³/mol. The number of oxazole rings is 1. The highest BCUT2D eigenvalue weighted by Crippen LogP contribution is 2.24. The van der Waals surface area contributed by atoms with Crippen LogP contribution in [0.3, 0.4) is 0 Å². The van der Waals surface area contributed by atoms with Crippen LogP contribution in [-0.4, -0.2) is 16.9 Å². The summed E-state index contributed by atoms with van der Waals surface area (Å²) in [5, 5.41) is 4.57. The number of hydrogen-bond acceptors (Lipinski definition) is 7. The van der Waals surface area contributed by atoms with Gasteiger partial charge in [0, 0.05) is 0 Å². The van der Waals surface area contributed by atoms with E-state index in [2.05, 4.69) is 10.3 Å². The third kappa shape index (κ3) is 3.86. The first-order valence-electron chi connectivity index (χ1n) is 8.30. The van der Waals surface area contributed by atoms with E-state index in [1.165, 1.54) is 29.9 Å². The molecule has 0 spiro atoms. The first kappa shape index (κ1) is 17.7. The minimum Gasteiger partial charge on any atom is -0.459 e. The minimum atomic E-state index is -0.587. The van der Waals surface area contributed by atoms with E-state index in [9.17, 15) is 9.59 Å². The third-order valence-corrected chi connectivity index (χ3v) is 4.63. The maximum absolute atomic E-state index is 12.5. The van der Waals surface area contributed by atoms with E-state index in [0.29, 0.717) is 17.3 Å². The fraction of sp³-hybridized carbons (Fsp3) is 0.0500. The number of aromatic nitrogens is 1. The number of benzene rings is 1. The Balaban J connectivity index is 1.43. The Labute approximate surface area is 163 Å². The van der Waals surface area contributed by atoms with Gasteiger partial charge in [-0.2, -0.15) is 0 Å². The first-order chi connectivity index (χ1) is 13.7. The molecule has 0 aliphatic rings. The Hall–Kier alpha value is -3.65. The lowest BCUT2D eigenvalue weighted by atomic mass is 10.1. The fourth-order valence-electron chi connectivity index (χ4n) is 2.47. The number of carbonyl (C=O) groups is 2. The molecule has 7 nitrogen and oxygen atoms in total. The largest absolute Gasteiger partial charge is 0.459 e. The molecule has 3 heterocycles. The Morgan fingerprint density at radius 1 is 1.07 bits per heavy atom. The zero-order chi connectivity index (χ0) is 19.3. The van der Waals surface area contributed by atoms with Crippen molar-refractivity contribution in [2.75, 3.05) is 5.32 Å². The average molecular weight is 394 g/mol. The van der Waals surface area contributed by atoms with Crippen molar-refractivity contribution in [2.45, 2.75) is 6.61 Å². The maximum Gasteiger partial charge on any atom is 0.340 e. The SMILES string of the molecule is O=C(Nc1ccccc1C(=O)OCc1coc(-c2cccs2)n1)c1ccco1. The fourth-order valence-corrected chi connectivity index (χ4v) is 3.12. The van der Waals surface area contributed by atoms with E-state index in [-0.39, 0.29) is 17.9 Å². The number of hydrogen-bond donors (Lipinski definition) is 1. The number of ether oxygens (including phenoxy) is 1. The molecule has 8 heteroatoms. The molecule has 1 N–H and O–H groups in total. The summed E-state index contributed by atoms with van der Waals surface area (Å²) >= 11 is 1.51. The van der Waals surface area contributed by atoms with Gasteiger partial charge in [0.25, 0.3) is 5.91 Å². The molecule has 28 heavy (non-hydrogen) atoms. The molecule has 0 aliphatic carbocycles. The molecule has 0 saturated heterocycles. The standard InChI is InChI=1S/C20H14N2O5S/c23-18(16-7-3-9-25-16)22-15-6-2-1-5-14(15)20(24)27-12-13-11-26-19(21-13)17-8-4-10-28-17/h1-11H,12H2,(H,22,23). The van der Waals surface area contributed by atoms with Crippen LogP contribution in [-0.2, 0) is 11.3 Å². The summed E-state index contributed by atoms with van der Waals surface area (Å²) in [6.07, 6.45) is 2.85. The van der Waals surface area contributed by atoms with E-state index >= 15 is 0 Å². The van der Waals surface area contributed by atoms with Crippen LogP contribution in [0.1, 0.15) is 26.6 Å². The smallest absolute Gasteiger partial charge is 0.340 e. The van der Waals surface area contributed by atoms with E-state index in [1.807, 2.05) is 17.5 Å². The Bertz CT molecular complexity index is 1080. The number of furan rings is 1. The van der Waals surface area contributed by atoms with E-state index in [1.54, 1.807) is 30.3 Å². The lowest BCUT2D eigenvalue weighted by molar-refractivity contribution is 0.0469. The molecular formula is C20H14N2O5S. The molecule has 0 unspecified atom stereocenters. The molecule has 1 aromatic carbocycles. The minimum absolute atomic E-state index is 0.0474. The predicted octanol–water partition coefficient (Wildman–Crippen LogP) is 4.61. The molecular weight excluding hydrogens is 380 g/mol. The Kier molecular flexibility index (Phi) is 5.03. The lowest BCUT2D eigenvalue weighted by Crippen LogP contribution is -2.15. The second-order valence-electron chi connectivity index (χ2n) is 5.67. The van der Waals surface area contributed by atoms with Gasteiger partial charge in [-0.25, -0.2) is 9.78 Å². The quantitative estimate of drug-likeness (QED) is 0.480. The van der Waals surface area contributed by atoms with Crippen LogP contribution in [0.15, 0.2) is 75.3 Å². The van der Waals surface area contributed by atoms with Crippen LogP contribution in [0.25, 0.3) is 10.8 Å². The van der Waals surface area contributed by atoms with Gasteiger partial charge in [-0.3, -0.25) is 4.79 Å². The number of anilines is 1. The number of rotatable bonds is 6. The zero-order valence-corrected chi connectivity index (χ0v) is 15.3. The number of nitrogens with zero attached hydrogens (tertiary/aromatic N) is 1. The Morgan fingerprint density at radius 3 is 2.75 bits per heavy atom. The van der Waals surface area contributed by atoms with Crippen molar-refractivity contribution < 1.29 is 23.2 Å². The molecule has 4 rings (SSSR count). The van der Waals surface area contributed by atoms with E-state index < -0.39 is 11.9 Å². The van der Waals surface area contributed by atoms with Crippen molar-refractivity contribution in [1.82, 2.24) is 4.98 Å². The highest BCUT2D eigenvalue weighted by atomic mass is 32.1. The molecule has 4 aromatic rings. The molecule has 0 saturated carbocycles. The number of amides is 1. The number of para-hydroxylation sites is 1. The van der Waals surface area contributed by atoms with Crippen molar-refractivity contribution in [3.63, 3.8) is 0 Å². The average Bonchev–Trinajstić information content (AvgIpc) is 3.48. The van der Waals surface area contributed by atoms with Crippen LogP contribution in [0.4, 0.5) is 5.69 Å². The van der Waals surface area contributed by atoms with Gasteiger partial charge in [0.1, 0.15) is 18.6 Å². The van der Waals surface area contributed by atoms with Gasteiger partial charge in [-0.05, 0) is 35.7 Å². The van der Waals surface area contributed by atoms with Gasteiger partial charge < -0.3 is 18.9 Å². The van der Waals surface area contributed by atoms with Crippen molar-refractivity contribution in [2.24, 2.45) is 0 Å². The first-order valence-corrected chi connectivity index (χ1v) is 9.18. The second kappa shape index (κ2) is 7.93. The number of nitrogens with one attached hydrogen (secondary N) is 1. The van der Waals surface area contributed by atoms with Gasteiger partial charge in [-0.1, -0.05) is 18.2 Å². The Morgan fingerprint density at radius 2 is 1.96 bits per heavy atom. The van der Waals surface area contributed by atoms with Crippen LogP contribution in [0.5, 0.6) is 0 Å². The third-order valence-electron chi connectivity index (χ3n) is 3.77. The molecule has 3 aromatic heterocycles. The molecule has 140 valence electrons.